The Labute approximate surface area is 163 Å². The predicted octanol–water partition coefficient (Wildman–Crippen LogP) is 2.56. The second-order valence-electron chi connectivity index (χ2n) is 6.30. The number of ether oxygens (including phenoxy) is 1. The summed E-state index contributed by atoms with van der Waals surface area (Å²) in [4.78, 5) is 12.6. The van der Waals surface area contributed by atoms with E-state index in [1.807, 2.05) is 24.3 Å². The Morgan fingerprint density at radius 2 is 1.75 bits per heavy atom. The second-order valence-corrected chi connectivity index (χ2v) is 8.23. The van der Waals surface area contributed by atoms with Crippen LogP contribution < -0.4 is 10.0 Å². The second kappa shape index (κ2) is 8.55. The van der Waals surface area contributed by atoms with E-state index < -0.39 is 10.0 Å². The first-order valence-electron chi connectivity index (χ1n) is 8.70. The first-order chi connectivity index (χ1) is 13.4. The smallest absolute Gasteiger partial charge is 0.287 e. The van der Waals surface area contributed by atoms with E-state index in [1.54, 1.807) is 31.4 Å². The molecule has 0 spiro atoms. The number of fused-ring (bicyclic) bond motifs is 1. The molecule has 7 nitrogen and oxygen atoms in total. The van der Waals surface area contributed by atoms with Gasteiger partial charge >= 0.3 is 0 Å². The van der Waals surface area contributed by atoms with Crippen LogP contribution in [-0.2, 0) is 33.7 Å². The van der Waals surface area contributed by atoms with E-state index in [2.05, 4.69) is 10.0 Å². The number of hydrogen-bond donors (Lipinski definition) is 2. The van der Waals surface area contributed by atoms with Crippen LogP contribution >= 0.6 is 0 Å². The van der Waals surface area contributed by atoms with Crippen molar-refractivity contribution < 1.29 is 22.4 Å². The molecule has 0 aliphatic rings. The van der Waals surface area contributed by atoms with Gasteiger partial charge in [0.1, 0.15) is 5.58 Å². The third kappa shape index (κ3) is 4.59. The van der Waals surface area contributed by atoms with Gasteiger partial charge in [0.05, 0.1) is 12.4 Å². The van der Waals surface area contributed by atoms with Crippen molar-refractivity contribution in [3.05, 3.63) is 71.0 Å². The molecule has 3 rings (SSSR count). The summed E-state index contributed by atoms with van der Waals surface area (Å²) < 4.78 is 36.4. The van der Waals surface area contributed by atoms with Crippen LogP contribution in [0.25, 0.3) is 11.0 Å². The van der Waals surface area contributed by atoms with Gasteiger partial charge in [0, 0.05) is 24.6 Å². The summed E-state index contributed by atoms with van der Waals surface area (Å²) in [6.07, 6.45) is 0. The molecule has 1 amide bonds. The topological polar surface area (TPSA) is 97.6 Å². The molecule has 0 fully saturated rings. The van der Waals surface area contributed by atoms with Gasteiger partial charge in [-0.2, -0.15) is 0 Å². The number of furan rings is 1. The van der Waals surface area contributed by atoms with Gasteiger partial charge in [-0.25, -0.2) is 13.1 Å². The van der Waals surface area contributed by atoms with Crippen LogP contribution in [0, 0.1) is 0 Å². The molecule has 28 heavy (non-hydrogen) atoms. The molecule has 0 aliphatic carbocycles. The molecule has 0 aliphatic heterocycles. The van der Waals surface area contributed by atoms with E-state index in [0.717, 1.165) is 10.9 Å². The van der Waals surface area contributed by atoms with Crippen LogP contribution in [0.1, 0.15) is 27.2 Å². The van der Waals surface area contributed by atoms with Crippen LogP contribution in [0.3, 0.4) is 0 Å². The predicted molar refractivity (Wildman–Crippen MR) is 106 cm³/mol. The van der Waals surface area contributed by atoms with Crippen molar-refractivity contribution in [2.75, 3.05) is 14.2 Å². The van der Waals surface area contributed by atoms with Gasteiger partial charge in [-0.15, -0.1) is 0 Å². The molecule has 0 saturated carbocycles. The molecule has 0 unspecified atom stereocenters. The van der Waals surface area contributed by atoms with Crippen LogP contribution in [0.4, 0.5) is 0 Å². The van der Waals surface area contributed by atoms with Crippen molar-refractivity contribution in [1.82, 2.24) is 10.0 Å². The summed E-state index contributed by atoms with van der Waals surface area (Å²) in [5, 5.41) is 3.69. The number of amides is 1. The Kier molecular flexibility index (Phi) is 6.13. The number of hydrogen-bond acceptors (Lipinski definition) is 5. The average molecular weight is 402 g/mol. The van der Waals surface area contributed by atoms with E-state index in [0.29, 0.717) is 23.3 Å². The fourth-order valence-electron chi connectivity index (χ4n) is 2.88. The SMILES string of the molecule is CNS(=O)(=O)Cc1ccc(CNC(=O)c2oc3ccccc3c2COC)cc1. The van der Waals surface area contributed by atoms with Crippen LogP contribution in [0.15, 0.2) is 52.9 Å². The third-order valence-electron chi connectivity index (χ3n) is 4.34. The van der Waals surface area contributed by atoms with Crippen molar-refractivity contribution in [1.29, 1.82) is 0 Å². The number of benzene rings is 2. The summed E-state index contributed by atoms with van der Waals surface area (Å²) in [6, 6.07) is 14.5. The minimum absolute atomic E-state index is 0.0878. The molecule has 0 radical (unpaired) electrons. The molecule has 2 N–H and O–H groups in total. The Morgan fingerprint density at radius 1 is 1.07 bits per heavy atom. The highest BCUT2D eigenvalue weighted by Crippen LogP contribution is 2.26. The largest absolute Gasteiger partial charge is 0.451 e. The molecule has 148 valence electrons. The molecule has 2 aromatic carbocycles. The maximum Gasteiger partial charge on any atom is 0.287 e. The number of nitrogens with one attached hydrogen (secondary N) is 2. The summed E-state index contributed by atoms with van der Waals surface area (Å²) >= 11 is 0. The summed E-state index contributed by atoms with van der Waals surface area (Å²) in [6.45, 7) is 0.565. The number of methoxy groups -OCH3 is 1. The van der Waals surface area contributed by atoms with E-state index in [4.69, 9.17) is 9.15 Å². The van der Waals surface area contributed by atoms with Gasteiger partial charge in [-0.1, -0.05) is 42.5 Å². The van der Waals surface area contributed by atoms with Crippen LogP contribution in [0.2, 0.25) is 0 Å². The zero-order chi connectivity index (χ0) is 20.1. The van der Waals surface area contributed by atoms with Crippen molar-refractivity contribution >= 4 is 26.9 Å². The molecule has 1 heterocycles. The summed E-state index contributed by atoms with van der Waals surface area (Å²) in [7, 11) is -0.361. The molecular weight excluding hydrogens is 380 g/mol. The highest BCUT2D eigenvalue weighted by molar-refractivity contribution is 7.88. The van der Waals surface area contributed by atoms with E-state index in [-0.39, 0.29) is 24.0 Å². The lowest BCUT2D eigenvalue weighted by Crippen LogP contribution is -2.23. The van der Waals surface area contributed by atoms with Crippen molar-refractivity contribution in [2.24, 2.45) is 0 Å². The molecule has 1 aromatic heterocycles. The maximum atomic E-state index is 12.6. The normalized spacial score (nSPS) is 11.6. The summed E-state index contributed by atoms with van der Waals surface area (Å²) in [5.41, 5.74) is 2.87. The molecule has 0 atom stereocenters. The first-order valence-corrected chi connectivity index (χ1v) is 10.4. The van der Waals surface area contributed by atoms with Crippen molar-refractivity contribution in [3.63, 3.8) is 0 Å². The number of rotatable bonds is 8. The Bertz CT molecular complexity index is 1070. The highest BCUT2D eigenvalue weighted by atomic mass is 32.2. The van der Waals surface area contributed by atoms with Gasteiger partial charge in [-0.3, -0.25) is 4.79 Å². The minimum atomic E-state index is -3.31. The van der Waals surface area contributed by atoms with Gasteiger partial charge in [-0.05, 0) is 24.2 Å². The fourth-order valence-corrected chi connectivity index (χ4v) is 3.65. The van der Waals surface area contributed by atoms with Crippen molar-refractivity contribution in [3.8, 4) is 0 Å². The van der Waals surface area contributed by atoms with Crippen LogP contribution in [0.5, 0.6) is 0 Å². The monoisotopic (exact) mass is 402 g/mol. The van der Waals surface area contributed by atoms with Gasteiger partial charge < -0.3 is 14.5 Å². The minimum Gasteiger partial charge on any atom is -0.451 e. The Morgan fingerprint density at radius 3 is 2.43 bits per heavy atom. The van der Waals surface area contributed by atoms with E-state index in [1.165, 1.54) is 7.05 Å². The quantitative estimate of drug-likeness (QED) is 0.603. The van der Waals surface area contributed by atoms with Crippen LogP contribution in [-0.4, -0.2) is 28.5 Å². The van der Waals surface area contributed by atoms with Gasteiger partial charge in [0.2, 0.25) is 10.0 Å². The van der Waals surface area contributed by atoms with E-state index >= 15 is 0 Å². The van der Waals surface area contributed by atoms with Crippen molar-refractivity contribution in [2.45, 2.75) is 18.9 Å². The van der Waals surface area contributed by atoms with Gasteiger partial charge in [0.25, 0.3) is 5.91 Å². The van der Waals surface area contributed by atoms with E-state index in [9.17, 15) is 13.2 Å². The van der Waals surface area contributed by atoms with Gasteiger partial charge in [0.15, 0.2) is 5.76 Å². The number of carbonyl (C=O) groups excluding carboxylic acids is 1. The Balaban J connectivity index is 1.70. The lowest BCUT2D eigenvalue weighted by atomic mass is 10.1. The molecule has 3 aromatic rings. The number of para-hydroxylation sites is 1. The summed E-state index contributed by atoms with van der Waals surface area (Å²) in [5.74, 6) is -0.181. The molecule has 0 saturated heterocycles. The standard InChI is InChI=1S/C20H22N2O5S/c1-21-28(24,25)13-15-9-7-14(8-10-15)11-22-20(23)19-17(12-26-2)16-5-3-4-6-18(16)27-19/h3-10,21H,11-13H2,1-2H3,(H,22,23). The zero-order valence-electron chi connectivity index (χ0n) is 15.7. The molecule has 8 heteroatoms. The fraction of sp³-hybridized carbons (Fsp3) is 0.250. The molecule has 0 bridgehead atoms. The third-order valence-corrected chi connectivity index (χ3v) is 5.67. The zero-order valence-corrected chi connectivity index (χ0v) is 16.5. The lowest BCUT2D eigenvalue weighted by molar-refractivity contribution is 0.0918. The highest BCUT2D eigenvalue weighted by Gasteiger charge is 2.20. The molecular formula is C20H22N2O5S. The average Bonchev–Trinajstić information content (AvgIpc) is 3.06. The Hall–Kier alpha value is -2.68. The number of carbonyl (C=O) groups is 1. The maximum absolute atomic E-state index is 12.6. The lowest BCUT2D eigenvalue weighted by Gasteiger charge is -2.07. The number of sulfonamides is 1. The first kappa shape index (κ1) is 20.1.